The van der Waals surface area contributed by atoms with Crippen LogP contribution in [0.4, 0.5) is 0 Å². The van der Waals surface area contributed by atoms with Gasteiger partial charge in [-0.25, -0.2) is 4.98 Å². The fraction of sp³-hybridized carbons (Fsp3) is 0.727. The number of hydrogen-bond donors (Lipinski definition) is 1. The van der Waals surface area contributed by atoms with Crippen molar-refractivity contribution in [1.29, 1.82) is 0 Å². The Morgan fingerprint density at radius 2 is 2.35 bits per heavy atom. The number of aromatic amines is 1. The molecule has 1 N–H and O–H groups in total. The van der Waals surface area contributed by atoms with Crippen LogP contribution in [0.15, 0.2) is 0 Å². The lowest BCUT2D eigenvalue weighted by atomic mass is 10.3. The standard InChI is InChI=1S/C11H16N4OS/c1-7-6-17-5-4-15(7)11(16)10-12-9(13-14-10)8-2-3-8/h7-8H,2-6H2,1H3,(H,12,13,14). The topological polar surface area (TPSA) is 61.9 Å². The molecule has 1 saturated carbocycles. The summed E-state index contributed by atoms with van der Waals surface area (Å²) in [6.45, 7) is 2.89. The number of hydrogen-bond acceptors (Lipinski definition) is 4. The first kappa shape index (κ1) is 11.1. The van der Waals surface area contributed by atoms with Crippen molar-refractivity contribution in [3.63, 3.8) is 0 Å². The Hall–Kier alpha value is -1.04. The zero-order valence-electron chi connectivity index (χ0n) is 9.85. The molecule has 1 atom stereocenters. The van der Waals surface area contributed by atoms with Crippen molar-refractivity contribution in [2.24, 2.45) is 0 Å². The first-order chi connectivity index (χ1) is 8.25. The maximum absolute atomic E-state index is 12.2. The van der Waals surface area contributed by atoms with Crippen LogP contribution in [0.5, 0.6) is 0 Å². The molecule has 1 aromatic heterocycles. The summed E-state index contributed by atoms with van der Waals surface area (Å²) in [5.74, 6) is 3.72. The summed E-state index contributed by atoms with van der Waals surface area (Å²) < 4.78 is 0. The molecule has 0 radical (unpaired) electrons. The van der Waals surface area contributed by atoms with Gasteiger partial charge >= 0.3 is 0 Å². The molecule has 3 rings (SSSR count). The number of nitrogens with one attached hydrogen (secondary N) is 1. The molecule has 1 aromatic rings. The molecule has 1 amide bonds. The second-order valence-electron chi connectivity index (χ2n) is 4.74. The highest BCUT2D eigenvalue weighted by Gasteiger charge is 2.31. The summed E-state index contributed by atoms with van der Waals surface area (Å²) in [6.07, 6.45) is 2.33. The van der Waals surface area contributed by atoms with Gasteiger partial charge < -0.3 is 4.90 Å². The fourth-order valence-electron chi connectivity index (χ4n) is 2.07. The summed E-state index contributed by atoms with van der Waals surface area (Å²) in [7, 11) is 0. The molecule has 0 spiro atoms. The van der Waals surface area contributed by atoms with Gasteiger partial charge in [-0.15, -0.1) is 5.10 Å². The van der Waals surface area contributed by atoms with E-state index < -0.39 is 0 Å². The Labute approximate surface area is 104 Å². The third-order valence-electron chi connectivity index (χ3n) is 3.29. The number of nitrogens with zero attached hydrogens (tertiary/aromatic N) is 3. The van der Waals surface area contributed by atoms with E-state index in [0.717, 1.165) is 23.9 Å². The molecule has 92 valence electrons. The molecule has 2 aliphatic rings. The zero-order chi connectivity index (χ0) is 11.8. The van der Waals surface area contributed by atoms with Crippen molar-refractivity contribution in [3.8, 4) is 0 Å². The van der Waals surface area contributed by atoms with Gasteiger partial charge in [-0.2, -0.15) is 11.8 Å². The van der Waals surface area contributed by atoms with Gasteiger partial charge in [0, 0.05) is 30.0 Å². The minimum atomic E-state index is -0.0269. The van der Waals surface area contributed by atoms with E-state index in [-0.39, 0.29) is 11.9 Å². The van der Waals surface area contributed by atoms with Crippen LogP contribution < -0.4 is 0 Å². The minimum Gasteiger partial charge on any atom is -0.332 e. The third-order valence-corrected chi connectivity index (χ3v) is 4.48. The van der Waals surface area contributed by atoms with Crippen molar-refractivity contribution in [2.45, 2.75) is 31.7 Å². The van der Waals surface area contributed by atoms with Crippen molar-refractivity contribution < 1.29 is 4.79 Å². The molecule has 2 heterocycles. The van der Waals surface area contributed by atoms with E-state index in [4.69, 9.17) is 0 Å². The molecule has 1 aliphatic heterocycles. The second-order valence-corrected chi connectivity index (χ2v) is 5.89. The van der Waals surface area contributed by atoms with E-state index in [1.54, 1.807) is 0 Å². The predicted octanol–water partition coefficient (Wildman–Crippen LogP) is 1.26. The Morgan fingerprint density at radius 3 is 3.06 bits per heavy atom. The van der Waals surface area contributed by atoms with Gasteiger partial charge in [-0.1, -0.05) is 0 Å². The SMILES string of the molecule is CC1CSCCN1C(=O)c1n[nH]c(C2CC2)n1. The first-order valence-electron chi connectivity index (χ1n) is 6.06. The number of H-pyrrole nitrogens is 1. The Bertz CT molecular complexity index is 429. The van der Waals surface area contributed by atoms with Crippen molar-refractivity contribution in [2.75, 3.05) is 18.1 Å². The highest BCUT2D eigenvalue weighted by molar-refractivity contribution is 7.99. The molecule has 1 unspecified atom stereocenters. The van der Waals surface area contributed by atoms with Gasteiger partial charge in [0.05, 0.1) is 0 Å². The molecule has 1 aliphatic carbocycles. The second kappa shape index (κ2) is 4.33. The van der Waals surface area contributed by atoms with Gasteiger partial charge in [0.2, 0.25) is 5.82 Å². The lowest BCUT2D eigenvalue weighted by molar-refractivity contribution is 0.0704. The number of rotatable bonds is 2. The Morgan fingerprint density at radius 1 is 1.53 bits per heavy atom. The summed E-state index contributed by atoms with van der Waals surface area (Å²) in [5, 5.41) is 6.94. The van der Waals surface area contributed by atoms with E-state index >= 15 is 0 Å². The molecule has 1 saturated heterocycles. The maximum atomic E-state index is 12.2. The van der Waals surface area contributed by atoms with Gasteiger partial charge in [0.1, 0.15) is 5.82 Å². The molecular weight excluding hydrogens is 236 g/mol. The normalized spacial score (nSPS) is 25.0. The molecule has 0 aromatic carbocycles. The van der Waals surface area contributed by atoms with Crippen molar-refractivity contribution in [3.05, 3.63) is 11.6 Å². The molecule has 6 heteroatoms. The number of carbonyl (C=O) groups is 1. The summed E-state index contributed by atoms with van der Waals surface area (Å²) in [4.78, 5) is 18.4. The molecule has 0 bridgehead atoms. The number of aromatic nitrogens is 3. The Balaban J connectivity index is 1.75. The quantitative estimate of drug-likeness (QED) is 0.860. The summed E-state index contributed by atoms with van der Waals surface area (Å²) in [5.41, 5.74) is 0. The Kier molecular flexibility index (Phi) is 2.82. The monoisotopic (exact) mass is 252 g/mol. The van der Waals surface area contributed by atoms with Gasteiger partial charge in [-0.05, 0) is 19.8 Å². The van der Waals surface area contributed by atoms with Crippen LogP contribution in [0.1, 0.15) is 42.1 Å². The number of thioether (sulfide) groups is 1. The van der Waals surface area contributed by atoms with E-state index in [1.807, 2.05) is 16.7 Å². The molecule has 5 nitrogen and oxygen atoms in total. The van der Waals surface area contributed by atoms with E-state index in [1.165, 1.54) is 12.8 Å². The fourth-order valence-corrected chi connectivity index (χ4v) is 3.08. The number of carbonyl (C=O) groups excluding carboxylic acids is 1. The van der Waals surface area contributed by atoms with Crippen LogP contribution in [-0.4, -0.2) is 50.1 Å². The highest BCUT2D eigenvalue weighted by Crippen LogP contribution is 2.37. The van der Waals surface area contributed by atoms with Crippen molar-refractivity contribution >= 4 is 17.7 Å². The zero-order valence-corrected chi connectivity index (χ0v) is 10.7. The van der Waals surface area contributed by atoms with Crippen LogP contribution >= 0.6 is 11.8 Å². The average Bonchev–Trinajstić information content (AvgIpc) is 3.07. The predicted molar refractivity (Wildman–Crippen MR) is 66.2 cm³/mol. The van der Waals surface area contributed by atoms with Gasteiger partial charge in [0.25, 0.3) is 5.91 Å². The van der Waals surface area contributed by atoms with E-state index in [9.17, 15) is 4.79 Å². The van der Waals surface area contributed by atoms with Crippen molar-refractivity contribution in [1.82, 2.24) is 20.1 Å². The van der Waals surface area contributed by atoms with Crippen LogP contribution in [0.3, 0.4) is 0 Å². The van der Waals surface area contributed by atoms with Crippen LogP contribution in [-0.2, 0) is 0 Å². The summed E-state index contributed by atoms with van der Waals surface area (Å²) in [6, 6.07) is 0.282. The third kappa shape index (κ3) is 2.18. The molecule has 2 fully saturated rings. The first-order valence-corrected chi connectivity index (χ1v) is 7.22. The highest BCUT2D eigenvalue weighted by atomic mass is 32.2. The minimum absolute atomic E-state index is 0.0269. The van der Waals surface area contributed by atoms with Gasteiger partial charge in [0.15, 0.2) is 0 Å². The largest absolute Gasteiger partial charge is 0.332 e. The lowest BCUT2D eigenvalue weighted by Crippen LogP contribution is -2.44. The van der Waals surface area contributed by atoms with E-state index in [2.05, 4.69) is 22.1 Å². The summed E-state index contributed by atoms with van der Waals surface area (Å²) >= 11 is 1.90. The van der Waals surface area contributed by atoms with E-state index in [0.29, 0.717) is 11.7 Å². The molecule has 17 heavy (non-hydrogen) atoms. The smallest absolute Gasteiger partial charge is 0.293 e. The number of amides is 1. The van der Waals surface area contributed by atoms with Crippen LogP contribution in [0.25, 0.3) is 0 Å². The van der Waals surface area contributed by atoms with Gasteiger partial charge in [-0.3, -0.25) is 9.89 Å². The van der Waals surface area contributed by atoms with Crippen LogP contribution in [0.2, 0.25) is 0 Å². The average molecular weight is 252 g/mol. The maximum Gasteiger partial charge on any atom is 0.293 e. The van der Waals surface area contributed by atoms with Crippen LogP contribution in [0, 0.1) is 0 Å². The molecular formula is C11H16N4OS. The lowest BCUT2D eigenvalue weighted by Gasteiger charge is -2.32.